The number of unbranched alkanes of at least 4 members (excludes halogenated alkanes) is 2. The van der Waals surface area contributed by atoms with Crippen molar-refractivity contribution < 1.29 is 76.7 Å². The standard InChI is InChI=1S/C62H75N9O16/c1-36(2)56(67-53(73)12-11-22-84-25-20-63-52(72)19-21-68-54(74)17-18-55(68)75)58(77)65-39(5)57(76)66-41-15-13-40(14-16-41)35-87-62(81)71-46-31-51(49(83-7)29-44(46)60(79)70-34-38(4)27-47(70)61(71)80)86-24-10-8-9-23-85-50-30-45-43(28-48(50)82-6)59(78)69-33-37(3)26-42(69)32-64-45/h13-18,28-34,36,39,42,47,56,61,80H,8-12,19-27,35H2,1-7H3,(H,63,72)(H,65,77)(H,66,76)(H,67,73)/t39-,42-,47-,56-,61?/m0/s1. The van der Waals surface area contributed by atoms with Crippen molar-refractivity contribution in [2.24, 2.45) is 10.9 Å². The number of methoxy groups -OCH3 is 2. The molecule has 3 aromatic carbocycles. The van der Waals surface area contributed by atoms with Crippen molar-refractivity contribution in [2.45, 2.75) is 123 Å². The third-order valence-corrected chi connectivity index (χ3v) is 15.1. The fourth-order valence-corrected chi connectivity index (χ4v) is 10.4. The molecule has 87 heavy (non-hydrogen) atoms. The van der Waals surface area contributed by atoms with Gasteiger partial charge in [-0.25, -0.2) is 9.69 Å². The fourth-order valence-electron chi connectivity index (χ4n) is 10.4. The van der Waals surface area contributed by atoms with Crippen molar-refractivity contribution >= 4 is 76.6 Å². The quantitative estimate of drug-likeness (QED) is 0.0438. The molecule has 0 fully saturated rings. The van der Waals surface area contributed by atoms with Crippen LogP contribution in [0.5, 0.6) is 23.0 Å². The molecule has 25 heteroatoms. The Morgan fingerprint density at radius 1 is 0.701 bits per heavy atom. The first-order valence-electron chi connectivity index (χ1n) is 29.0. The Labute approximate surface area is 504 Å². The number of imide groups is 1. The van der Waals surface area contributed by atoms with E-state index in [0.29, 0.717) is 72.7 Å². The molecule has 0 saturated heterocycles. The zero-order valence-corrected chi connectivity index (χ0v) is 49.9. The number of aliphatic imine (C=N–C) groups is 1. The van der Waals surface area contributed by atoms with Crippen molar-refractivity contribution in [1.82, 2.24) is 30.7 Å². The Morgan fingerprint density at radius 2 is 1.34 bits per heavy atom. The van der Waals surface area contributed by atoms with Crippen molar-refractivity contribution in [3.8, 4) is 23.0 Å². The molecule has 1 unspecified atom stereocenters. The molecule has 5 atom stereocenters. The van der Waals surface area contributed by atoms with E-state index in [1.165, 1.54) is 38.2 Å². The van der Waals surface area contributed by atoms with Gasteiger partial charge in [-0.05, 0) is 95.0 Å². The molecule has 464 valence electrons. The SMILES string of the molecule is COc1cc2c(cc1OCCCCCOc1cc3c(cc1OC)C(=O)N1C=C(C)C[C@H]1C(O)N3C(=O)OCc1ccc(NC(=O)[C@H](C)NC(=O)[C@@H](NC(=O)CCCOCCNC(=O)CCN3C(=O)C=CC3=O)C(C)C)cc1)N=C[C@@H]1CC(C)=CN1C2=O. The van der Waals surface area contributed by atoms with Crippen LogP contribution >= 0.6 is 0 Å². The van der Waals surface area contributed by atoms with Crippen molar-refractivity contribution in [2.75, 3.05) is 64.0 Å². The fraction of sp³-hybridized carbons (Fsp3) is 0.452. The molecule has 0 radical (unpaired) electrons. The van der Waals surface area contributed by atoms with Gasteiger partial charge in [0.05, 0.1) is 68.6 Å². The number of anilines is 2. The van der Waals surface area contributed by atoms with Crippen molar-refractivity contribution in [3.05, 3.63) is 101 Å². The van der Waals surface area contributed by atoms with E-state index in [-0.39, 0.29) is 98.9 Å². The van der Waals surface area contributed by atoms with Crippen molar-refractivity contribution in [3.63, 3.8) is 0 Å². The monoisotopic (exact) mass is 1200 g/mol. The number of benzene rings is 3. The number of amides is 9. The third-order valence-electron chi connectivity index (χ3n) is 15.1. The molecule has 0 bridgehead atoms. The molecule has 8 rings (SSSR count). The summed E-state index contributed by atoms with van der Waals surface area (Å²) in [6.45, 7) is 9.69. The van der Waals surface area contributed by atoms with Crippen LogP contribution in [0.3, 0.4) is 0 Å². The average Bonchev–Trinajstić information content (AvgIpc) is 1.70. The summed E-state index contributed by atoms with van der Waals surface area (Å²) in [6, 6.07) is 9.88. The lowest BCUT2D eigenvalue weighted by Gasteiger charge is -2.31. The third kappa shape index (κ3) is 15.9. The predicted octanol–water partition coefficient (Wildman–Crippen LogP) is 5.57. The number of hydrogen-bond acceptors (Lipinski definition) is 17. The summed E-state index contributed by atoms with van der Waals surface area (Å²) in [4.78, 5) is 126. The van der Waals surface area contributed by atoms with Crippen LogP contribution in [0, 0.1) is 5.92 Å². The van der Waals surface area contributed by atoms with Crippen LogP contribution in [-0.2, 0) is 44.8 Å². The molecular formula is C62H75N9O16. The second-order valence-corrected chi connectivity index (χ2v) is 22.0. The molecule has 9 amide bonds. The highest BCUT2D eigenvalue weighted by Crippen LogP contribution is 2.43. The largest absolute Gasteiger partial charge is 0.493 e. The first-order valence-corrected chi connectivity index (χ1v) is 29.0. The van der Waals surface area contributed by atoms with E-state index in [9.17, 15) is 48.3 Å². The number of rotatable bonds is 28. The van der Waals surface area contributed by atoms with Gasteiger partial charge in [-0.3, -0.25) is 48.2 Å². The normalized spacial score (nSPS) is 18.1. The number of fused-ring (bicyclic) bond motifs is 4. The zero-order valence-electron chi connectivity index (χ0n) is 49.9. The molecule has 25 nitrogen and oxygen atoms in total. The summed E-state index contributed by atoms with van der Waals surface area (Å²) < 4.78 is 34.9. The van der Waals surface area contributed by atoms with E-state index in [0.717, 1.165) is 39.5 Å². The highest BCUT2D eigenvalue weighted by Gasteiger charge is 2.45. The summed E-state index contributed by atoms with van der Waals surface area (Å²) in [5, 5.41) is 22.7. The van der Waals surface area contributed by atoms with E-state index in [2.05, 4.69) is 26.3 Å². The number of aliphatic hydroxyl groups is 1. The van der Waals surface area contributed by atoms with E-state index < -0.39 is 65.9 Å². The van der Waals surface area contributed by atoms with E-state index in [1.54, 1.807) is 67.6 Å². The van der Waals surface area contributed by atoms with Gasteiger partial charge in [-0.2, -0.15) is 0 Å². The van der Waals surface area contributed by atoms with Crippen LogP contribution in [0.1, 0.15) is 112 Å². The minimum absolute atomic E-state index is 0.0262. The van der Waals surface area contributed by atoms with Crippen molar-refractivity contribution in [1.29, 1.82) is 0 Å². The van der Waals surface area contributed by atoms with Crippen LogP contribution in [0.25, 0.3) is 0 Å². The molecule has 0 saturated carbocycles. The van der Waals surface area contributed by atoms with E-state index >= 15 is 0 Å². The van der Waals surface area contributed by atoms with Crippen LogP contribution in [0.15, 0.2) is 89.2 Å². The Morgan fingerprint density at radius 3 is 2.02 bits per heavy atom. The Bertz CT molecular complexity index is 3230. The Kier molecular flexibility index (Phi) is 21.5. The lowest BCUT2D eigenvalue weighted by atomic mass is 10.0. The van der Waals surface area contributed by atoms with E-state index in [4.69, 9.17) is 28.4 Å². The summed E-state index contributed by atoms with van der Waals surface area (Å²) in [5.41, 5.74) is 3.90. The van der Waals surface area contributed by atoms with Gasteiger partial charge in [0.2, 0.25) is 23.6 Å². The molecule has 0 spiro atoms. The topological polar surface area (TPSA) is 303 Å². The first-order chi connectivity index (χ1) is 41.7. The predicted molar refractivity (Wildman–Crippen MR) is 317 cm³/mol. The lowest BCUT2D eigenvalue weighted by Crippen LogP contribution is -2.53. The number of hydrogen-bond donors (Lipinski definition) is 5. The van der Waals surface area contributed by atoms with Gasteiger partial charge in [0.1, 0.15) is 18.7 Å². The highest BCUT2D eigenvalue weighted by molar-refractivity contribution is 6.13. The van der Waals surface area contributed by atoms with Gasteiger partial charge in [-0.15, -0.1) is 0 Å². The maximum atomic E-state index is 14.2. The summed E-state index contributed by atoms with van der Waals surface area (Å²) in [7, 11) is 2.96. The van der Waals surface area contributed by atoms with Crippen LogP contribution in [-0.4, -0.2) is 164 Å². The van der Waals surface area contributed by atoms with Crippen LogP contribution < -0.4 is 45.1 Å². The Hall–Kier alpha value is -9.10. The lowest BCUT2D eigenvalue weighted by molar-refractivity contribution is -0.137. The van der Waals surface area contributed by atoms with Gasteiger partial charge in [-0.1, -0.05) is 37.1 Å². The maximum absolute atomic E-state index is 14.2. The minimum atomic E-state index is -1.53. The number of ether oxygens (including phenoxy) is 6. The van der Waals surface area contributed by atoms with Gasteiger partial charge in [0.15, 0.2) is 29.2 Å². The first kappa shape index (κ1) is 63.9. The number of aliphatic hydroxyl groups excluding tert-OH is 1. The van der Waals surface area contributed by atoms with Gasteiger partial charge >= 0.3 is 6.09 Å². The number of nitrogens with one attached hydrogen (secondary N) is 4. The van der Waals surface area contributed by atoms with Crippen LogP contribution in [0.4, 0.5) is 21.9 Å². The van der Waals surface area contributed by atoms with Crippen LogP contribution in [0.2, 0.25) is 0 Å². The number of carbonyl (C=O) groups excluding carboxylic acids is 9. The molecule has 5 N–H and O–H groups in total. The highest BCUT2D eigenvalue weighted by atomic mass is 16.6. The molecule has 5 aliphatic rings. The molecule has 0 aromatic heterocycles. The number of nitrogens with zero attached hydrogens (tertiary/aromatic N) is 5. The molecule has 5 aliphatic heterocycles. The Balaban J connectivity index is 0.790. The average molecular weight is 1200 g/mol. The molecule has 0 aliphatic carbocycles. The molecule has 3 aromatic rings. The maximum Gasteiger partial charge on any atom is 0.416 e. The number of carbonyl (C=O) groups is 9. The summed E-state index contributed by atoms with van der Waals surface area (Å²) in [5.74, 6) is -2.34. The second-order valence-electron chi connectivity index (χ2n) is 22.0. The van der Waals surface area contributed by atoms with Gasteiger partial charge in [0, 0.05) is 81.1 Å². The smallest absolute Gasteiger partial charge is 0.416 e. The molecule has 5 heterocycles. The van der Waals surface area contributed by atoms with E-state index in [1.807, 2.05) is 20.0 Å². The van der Waals surface area contributed by atoms with Gasteiger partial charge in [0.25, 0.3) is 23.6 Å². The minimum Gasteiger partial charge on any atom is -0.493 e. The summed E-state index contributed by atoms with van der Waals surface area (Å²) >= 11 is 0. The molecular weight excluding hydrogens is 1130 g/mol. The summed E-state index contributed by atoms with van der Waals surface area (Å²) in [6.07, 6.45) is 8.42. The van der Waals surface area contributed by atoms with Gasteiger partial charge < -0.3 is 64.6 Å². The zero-order chi connectivity index (χ0) is 62.5. The second kappa shape index (κ2) is 29.3.